The predicted molar refractivity (Wildman–Crippen MR) is 78.6 cm³/mol. The summed E-state index contributed by atoms with van der Waals surface area (Å²) in [5.74, 6) is 0.276. The Kier molecular flexibility index (Phi) is 4.99. The van der Waals surface area contributed by atoms with Crippen LogP contribution in [0.4, 0.5) is 0 Å². The molecule has 1 amide bonds. The van der Waals surface area contributed by atoms with Gasteiger partial charge in [0.2, 0.25) is 5.91 Å². The predicted octanol–water partition coefficient (Wildman–Crippen LogP) is 2.96. The molecule has 19 heavy (non-hydrogen) atoms. The van der Waals surface area contributed by atoms with Gasteiger partial charge in [-0.3, -0.25) is 4.79 Å². The first kappa shape index (κ1) is 14.5. The van der Waals surface area contributed by atoms with Crippen LogP contribution in [0.5, 0.6) is 0 Å². The summed E-state index contributed by atoms with van der Waals surface area (Å²) in [5.41, 5.74) is 1.12. The molecule has 0 saturated heterocycles. The van der Waals surface area contributed by atoms with Crippen molar-refractivity contribution in [3.05, 3.63) is 34.3 Å². The minimum atomic E-state index is -0.211. The van der Waals surface area contributed by atoms with Gasteiger partial charge in [0.05, 0.1) is 6.10 Å². The Bertz CT molecular complexity index is 442. The highest BCUT2D eigenvalue weighted by Gasteiger charge is 2.27. The van der Waals surface area contributed by atoms with Gasteiger partial charge in [0, 0.05) is 24.0 Å². The Labute approximate surface area is 122 Å². The number of aliphatic hydroxyl groups excluding tert-OH is 1. The van der Waals surface area contributed by atoms with Crippen molar-refractivity contribution in [2.24, 2.45) is 5.92 Å². The van der Waals surface area contributed by atoms with Gasteiger partial charge in [-0.15, -0.1) is 0 Å². The van der Waals surface area contributed by atoms with E-state index < -0.39 is 0 Å². The average molecular weight is 326 g/mol. The van der Waals surface area contributed by atoms with Crippen molar-refractivity contribution in [2.45, 2.75) is 38.3 Å². The summed E-state index contributed by atoms with van der Waals surface area (Å²) in [5, 5.41) is 9.49. The van der Waals surface area contributed by atoms with Crippen LogP contribution in [0.3, 0.4) is 0 Å². The third-order valence-electron chi connectivity index (χ3n) is 3.79. The maximum atomic E-state index is 12.3. The molecule has 0 aliphatic heterocycles. The normalized spacial score (nSPS) is 23.1. The van der Waals surface area contributed by atoms with Gasteiger partial charge >= 0.3 is 0 Å². The zero-order valence-corrected chi connectivity index (χ0v) is 12.8. The number of carbonyl (C=O) groups excluding carboxylic acids is 1. The molecule has 0 atom stereocenters. The Morgan fingerprint density at radius 3 is 2.58 bits per heavy atom. The van der Waals surface area contributed by atoms with Crippen molar-refractivity contribution in [1.29, 1.82) is 0 Å². The molecule has 1 aliphatic carbocycles. The second-order valence-electron chi connectivity index (χ2n) is 5.29. The Morgan fingerprint density at radius 1 is 1.32 bits per heavy atom. The maximum absolute atomic E-state index is 12.3. The highest BCUT2D eigenvalue weighted by atomic mass is 79.9. The quantitative estimate of drug-likeness (QED) is 0.928. The number of amides is 1. The summed E-state index contributed by atoms with van der Waals surface area (Å²) in [6.07, 6.45) is 2.90. The van der Waals surface area contributed by atoms with Crippen LogP contribution in [0.1, 0.15) is 31.2 Å². The third-order valence-corrected chi connectivity index (χ3v) is 4.56. The summed E-state index contributed by atoms with van der Waals surface area (Å²) in [4.78, 5) is 14.1. The lowest BCUT2D eigenvalue weighted by Gasteiger charge is -2.28. The molecule has 1 N–H and O–H groups in total. The van der Waals surface area contributed by atoms with E-state index in [0.717, 1.165) is 35.7 Å². The molecule has 0 spiro atoms. The van der Waals surface area contributed by atoms with E-state index in [1.54, 1.807) is 4.90 Å². The van der Waals surface area contributed by atoms with E-state index >= 15 is 0 Å². The fourth-order valence-corrected chi connectivity index (χ4v) is 3.00. The van der Waals surface area contributed by atoms with E-state index in [2.05, 4.69) is 15.9 Å². The molecule has 1 fully saturated rings. The minimum absolute atomic E-state index is 0.0795. The monoisotopic (exact) mass is 325 g/mol. The lowest BCUT2D eigenvalue weighted by Crippen LogP contribution is -2.35. The zero-order chi connectivity index (χ0) is 13.8. The maximum Gasteiger partial charge on any atom is 0.225 e. The second-order valence-corrected chi connectivity index (χ2v) is 6.15. The van der Waals surface area contributed by atoms with E-state index in [0.29, 0.717) is 6.54 Å². The molecule has 104 valence electrons. The number of aliphatic hydroxyl groups is 1. The van der Waals surface area contributed by atoms with Crippen LogP contribution in [0.2, 0.25) is 0 Å². The number of carbonyl (C=O) groups is 1. The molecule has 1 aliphatic rings. The Hall–Kier alpha value is -0.870. The number of halogens is 1. The molecule has 2 rings (SSSR count). The first-order valence-electron chi connectivity index (χ1n) is 6.74. The molecular formula is C15H20BrNO2. The zero-order valence-electron chi connectivity index (χ0n) is 11.2. The molecule has 1 aromatic rings. The summed E-state index contributed by atoms with van der Waals surface area (Å²) in [6.45, 7) is 0.624. The first-order chi connectivity index (χ1) is 9.08. The van der Waals surface area contributed by atoms with Crippen molar-refractivity contribution in [2.75, 3.05) is 7.05 Å². The molecule has 3 nitrogen and oxygen atoms in total. The van der Waals surface area contributed by atoms with Crippen LogP contribution in [0.15, 0.2) is 28.7 Å². The third kappa shape index (κ3) is 3.80. The Morgan fingerprint density at radius 2 is 1.95 bits per heavy atom. The van der Waals surface area contributed by atoms with Gasteiger partial charge in [0.1, 0.15) is 0 Å². The second kappa shape index (κ2) is 6.53. The standard InChI is InChI=1S/C15H20BrNO2/c1-17(10-12-4-2-3-5-14(12)16)15(19)11-6-8-13(18)9-7-11/h2-5,11,13,18H,6-10H2,1H3. The Balaban J connectivity index is 1.94. The lowest BCUT2D eigenvalue weighted by atomic mass is 9.86. The van der Waals surface area contributed by atoms with Crippen molar-refractivity contribution in [1.82, 2.24) is 4.90 Å². The van der Waals surface area contributed by atoms with Crippen LogP contribution in [-0.4, -0.2) is 29.1 Å². The van der Waals surface area contributed by atoms with Crippen LogP contribution in [0, 0.1) is 5.92 Å². The largest absolute Gasteiger partial charge is 0.393 e. The lowest BCUT2D eigenvalue weighted by molar-refractivity contribution is -0.136. The van der Waals surface area contributed by atoms with E-state index in [1.165, 1.54) is 0 Å². The smallest absolute Gasteiger partial charge is 0.225 e. The van der Waals surface area contributed by atoms with Crippen molar-refractivity contribution < 1.29 is 9.90 Å². The van der Waals surface area contributed by atoms with Crippen LogP contribution in [-0.2, 0) is 11.3 Å². The number of nitrogens with zero attached hydrogens (tertiary/aromatic N) is 1. The van der Waals surface area contributed by atoms with Crippen LogP contribution in [0.25, 0.3) is 0 Å². The van der Waals surface area contributed by atoms with Crippen LogP contribution < -0.4 is 0 Å². The fourth-order valence-electron chi connectivity index (χ4n) is 2.59. The van der Waals surface area contributed by atoms with Gasteiger partial charge in [0.15, 0.2) is 0 Å². The molecule has 1 aromatic carbocycles. The minimum Gasteiger partial charge on any atom is -0.393 e. The summed E-state index contributed by atoms with van der Waals surface area (Å²) < 4.78 is 1.04. The van der Waals surface area contributed by atoms with E-state index in [9.17, 15) is 9.90 Å². The van der Waals surface area contributed by atoms with E-state index in [1.807, 2.05) is 31.3 Å². The van der Waals surface area contributed by atoms with E-state index in [4.69, 9.17) is 0 Å². The number of hydrogen-bond donors (Lipinski definition) is 1. The SMILES string of the molecule is CN(Cc1ccccc1Br)C(=O)C1CCC(O)CC1. The van der Waals surface area contributed by atoms with Crippen molar-refractivity contribution in [3.63, 3.8) is 0 Å². The van der Waals surface area contributed by atoms with Gasteiger partial charge in [-0.1, -0.05) is 34.1 Å². The molecule has 0 bridgehead atoms. The average Bonchev–Trinajstić information content (AvgIpc) is 2.41. The van der Waals surface area contributed by atoms with E-state index in [-0.39, 0.29) is 17.9 Å². The summed E-state index contributed by atoms with van der Waals surface area (Å²) >= 11 is 3.51. The molecule has 0 heterocycles. The molecule has 0 unspecified atom stereocenters. The molecule has 1 saturated carbocycles. The van der Waals surface area contributed by atoms with Gasteiger partial charge < -0.3 is 10.0 Å². The van der Waals surface area contributed by atoms with Gasteiger partial charge in [-0.25, -0.2) is 0 Å². The fraction of sp³-hybridized carbons (Fsp3) is 0.533. The number of rotatable bonds is 3. The highest BCUT2D eigenvalue weighted by molar-refractivity contribution is 9.10. The topological polar surface area (TPSA) is 40.5 Å². The van der Waals surface area contributed by atoms with Crippen LogP contribution >= 0.6 is 15.9 Å². The molecule has 0 aromatic heterocycles. The highest BCUT2D eigenvalue weighted by Crippen LogP contribution is 2.26. The number of benzene rings is 1. The van der Waals surface area contributed by atoms with Crippen molar-refractivity contribution in [3.8, 4) is 0 Å². The van der Waals surface area contributed by atoms with Crippen molar-refractivity contribution >= 4 is 21.8 Å². The molecule has 0 radical (unpaired) electrons. The number of hydrogen-bond acceptors (Lipinski definition) is 2. The first-order valence-corrected chi connectivity index (χ1v) is 7.53. The molecule has 4 heteroatoms. The summed E-state index contributed by atoms with van der Waals surface area (Å²) in [7, 11) is 1.85. The summed E-state index contributed by atoms with van der Waals surface area (Å²) in [6, 6.07) is 7.97. The van der Waals surface area contributed by atoms with Gasteiger partial charge in [-0.05, 0) is 37.3 Å². The van der Waals surface area contributed by atoms with Gasteiger partial charge in [-0.2, -0.15) is 0 Å². The van der Waals surface area contributed by atoms with Gasteiger partial charge in [0.25, 0.3) is 0 Å². The molecular weight excluding hydrogens is 306 g/mol.